The molecule has 0 heterocycles. The molecule has 0 saturated heterocycles. The van der Waals surface area contributed by atoms with E-state index in [-0.39, 0.29) is 17.2 Å². The lowest BCUT2D eigenvalue weighted by molar-refractivity contribution is 0.0827. The normalized spacial score (nSPS) is 10.3. The zero-order valence-electron chi connectivity index (χ0n) is 13.0. The van der Waals surface area contributed by atoms with Gasteiger partial charge in [-0.25, -0.2) is 4.39 Å². The Hall–Kier alpha value is -2.89. The summed E-state index contributed by atoms with van der Waals surface area (Å²) in [5.41, 5.74) is 0.0979. The summed E-state index contributed by atoms with van der Waals surface area (Å²) in [5, 5.41) is 9.78. The largest absolute Gasteiger partial charge is 0.507 e. The van der Waals surface area contributed by atoms with Crippen LogP contribution < -0.4 is 4.74 Å². The second-order valence-corrected chi connectivity index (χ2v) is 5.08. The predicted molar refractivity (Wildman–Crippen MR) is 82.5 cm³/mol. The molecular formula is C17H16FNO4. The molecule has 120 valence electrons. The van der Waals surface area contributed by atoms with Crippen molar-refractivity contribution in [2.24, 2.45) is 0 Å². The standard InChI is InChI=1S/C17H16FNO4/c1-19(2)17(22)11-6-4-10(5-7-11)16(21)14-12(20)8-9-13(23-3)15(14)18/h4-9,20H,1-3H3. The topological polar surface area (TPSA) is 66.8 Å². The molecule has 0 bridgehead atoms. The van der Waals surface area contributed by atoms with Crippen molar-refractivity contribution in [1.82, 2.24) is 4.90 Å². The molecule has 0 aliphatic heterocycles. The lowest BCUT2D eigenvalue weighted by atomic mass is 10.00. The highest BCUT2D eigenvalue weighted by Gasteiger charge is 2.22. The molecule has 6 heteroatoms. The molecule has 0 aromatic heterocycles. The third-order valence-corrected chi connectivity index (χ3v) is 3.33. The van der Waals surface area contributed by atoms with Gasteiger partial charge in [0, 0.05) is 25.2 Å². The van der Waals surface area contributed by atoms with Gasteiger partial charge < -0.3 is 14.7 Å². The maximum absolute atomic E-state index is 14.2. The second-order valence-electron chi connectivity index (χ2n) is 5.08. The van der Waals surface area contributed by atoms with Crippen LogP contribution in [-0.2, 0) is 0 Å². The van der Waals surface area contributed by atoms with Gasteiger partial charge in [-0.05, 0) is 24.3 Å². The fraction of sp³-hybridized carbons (Fsp3) is 0.176. The number of phenolic OH excluding ortho intramolecular Hbond substituents is 1. The second kappa shape index (κ2) is 6.48. The van der Waals surface area contributed by atoms with Crippen LogP contribution >= 0.6 is 0 Å². The molecule has 2 aromatic rings. The Morgan fingerprint density at radius 3 is 2.13 bits per heavy atom. The first kappa shape index (κ1) is 16.5. The molecule has 0 radical (unpaired) electrons. The van der Waals surface area contributed by atoms with E-state index in [2.05, 4.69) is 0 Å². The van der Waals surface area contributed by atoms with Gasteiger partial charge in [0.25, 0.3) is 5.91 Å². The minimum atomic E-state index is -0.925. The summed E-state index contributed by atoms with van der Waals surface area (Å²) in [6.45, 7) is 0. The van der Waals surface area contributed by atoms with Crippen LogP contribution in [0.5, 0.6) is 11.5 Å². The highest BCUT2D eigenvalue weighted by atomic mass is 19.1. The number of halogens is 1. The molecule has 0 aliphatic carbocycles. The van der Waals surface area contributed by atoms with Crippen molar-refractivity contribution in [2.75, 3.05) is 21.2 Å². The van der Waals surface area contributed by atoms with E-state index in [1.807, 2.05) is 0 Å². The number of ketones is 1. The number of benzene rings is 2. The van der Waals surface area contributed by atoms with Gasteiger partial charge in [0.15, 0.2) is 17.3 Å². The van der Waals surface area contributed by atoms with Gasteiger partial charge in [-0.1, -0.05) is 12.1 Å². The lowest BCUT2D eigenvalue weighted by Gasteiger charge is -2.11. The summed E-state index contributed by atoms with van der Waals surface area (Å²) in [6.07, 6.45) is 0. The van der Waals surface area contributed by atoms with E-state index < -0.39 is 22.9 Å². The molecule has 1 N–H and O–H groups in total. The number of carbonyl (C=O) groups is 2. The van der Waals surface area contributed by atoms with Crippen LogP contribution in [0, 0.1) is 5.82 Å². The van der Waals surface area contributed by atoms with Crippen molar-refractivity contribution in [2.45, 2.75) is 0 Å². The average Bonchev–Trinajstić information content (AvgIpc) is 2.54. The van der Waals surface area contributed by atoms with Crippen molar-refractivity contribution in [3.05, 3.63) is 58.9 Å². The van der Waals surface area contributed by atoms with E-state index in [9.17, 15) is 19.1 Å². The number of aromatic hydroxyl groups is 1. The van der Waals surface area contributed by atoms with Gasteiger partial charge >= 0.3 is 0 Å². The summed E-state index contributed by atoms with van der Waals surface area (Å²) < 4.78 is 19.0. The van der Waals surface area contributed by atoms with Gasteiger partial charge in [-0.2, -0.15) is 0 Å². The minimum Gasteiger partial charge on any atom is -0.507 e. The van der Waals surface area contributed by atoms with Gasteiger partial charge in [-0.3, -0.25) is 9.59 Å². The zero-order valence-corrected chi connectivity index (χ0v) is 13.0. The fourth-order valence-corrected chi connectivity index (χ4v) is 2.09. The maximum atomic E-state index is 14.2. The molecule has 0 unspecified atom stereocenters. The molecule has 2 rings (SSSR count). The average molecular weight is 317 g/mol. The number of phenols is 1. The number of methoxy groups -OCH3 is 1. The number of rotatable bonds is 4. The molecule has 5 nitrogen and oxygen atoms in total. The lowest BCUT2D eigenvalue weighted by Crippen LogP contribution is -2.21. The third-order valence-electron chi connectivity index (χ3n) is 3.33. The van der Waals surface area contributed by atoms with Crippen molar-refractivity contribution < 1.29 is 23.8 Å². The monoisotopic (exact) mass is 317 g/mol. The molecule has 0 atom stereocenters. The molecule has 0 spiro atoms. The highest BCUT2D eigenvalue weighted by Crippen LogP contribution is 2.30. The molecular weight excluding hydrogens is 301 g/mol. The first-order valence-corrected chi connectivity index (χ1v) is 6.78. The van der Waals surface area contributed by atoms with E-state index in [0.717, 1.165) is 0 Å². The van der Waals surface area contributed by atoms with Crippen LogP contribution in [0.15, 0.2) is 36.4 Å². The van der Waals surface area contributed by atoms with Gasteiger partial charge in [-0.15, -0.1) is 0 Å². The third kappa shape index (κ3) is 3.15. The van der Waals surface area contributed by atoms with Crippen LogP contribution in [0.3, 0.4) is 0 Å². The summed E-state index contributed by atoms with van der Waals surface area (Å²) in [7, 11) is 4.50. The summed E-state index contributed by atoms with van der Waals surface area (Å²) in [5.74, 6) is -2.43. The highest BCUT2D eigenvalue weighted by molar-refractivity contribution is 6.11. The Kier molecular flexibility index (Phi) is 4.64. The van der Waals surface area contributed by atoms with Gasteiger partial charge in [0.05, 0.1) is 7.11 Å². The summed E-state index contributed by atoms with van der Waals surface area (Å²) in [6, 6.07) is 8.21. The van der Waals surface area contributed by atoms with Crippen LogP contribution in [0.1, 0.15) is 26.3 Å². The first-order chi connectivity index (χ1) is 10.9. The Bertz CT molecular complexity index is 754. The van der Waals surface area contributed by atoms with E-state index in [1.54, 1.807) is 14.1 Å². The smallest absolute Gasteiger partial charge is 0.253 e. The number of carbonyl (C=O) groups excluding carboxylic acids is 2. The number of hydrogen-bond acceptors (Lipinski definition) is 4. The zero-order chi connectivity index (χ0) is 17.1. The first-order valence-electron chi connectivity index (χ1n) is 6.78. The van der Waals surface area contributed by atoms with Crippen molar-refractivity contribution in [1.29, 1.82) is 0 Å². The molecule has 1 amide bonds. The predicted octanol–water partition coefficient (Wildman–Crippen LogP) is 2.47. The SMILES string of the molecule is COc1ccc(O)c(C(=O)c2ccc(C(=O)N(C)C)cc2)c1F. The van der Waals surface area contributed by atoms with E-state index >= 15 is 0 Å². The van der Waals surface area contributed by atoms with Crippen molar-refractivity contribution in [3.8, 4) is 11.5 Å². The Balaban J connectivity index is 2.40. The molecule has 0 saturated carbocycles. The number of amides is 1. The fourth-order valence-electron chi connectivity index (χ4n) is 2.09. The quantitative estimate of drug-likeness (QED) is 0.880. The molecule has 23 heavy (non-hydrogen) atoms. The van der Waals surface area contributed by atoms with Crippen molar-refractivity contribution >= 4 is 11.7 Å². The molecule has 0 aliphatic rings. The van der Waals surface area contributed by atoms with Gasteiger partial charge in [0.2, 0.25) is 0 Å². The number of nitrogens with zero attached hydrogens (tertiary/aromatic N) is 1. The van der Waals surface area contributed by atoms with Crippen LogP contribution in [0.2, 0.25) is 0 Å². The van der Waals surface area contributed by atoms with E-state index in [1.165, 1.54) is 48.4 Å². The Labute approximate surface area is 132 Å². The van der Waals surface area contributed by atoms with Crippen LogP contribution in [-0.4, -0.2) is 42.9 Å². The molecule has 0 fully saturated rings. The van der Waals surface area contributed by atoms with Crippen molar-refractivity contribution in [3.63, 3.8) is 0 Å². The maximum Gasteiger partial charge on any atom is 0.253 e. The Morgan fingerprint density at radius 2 is 1.61 bits per heavy atom. The Morgan fingerprint density at radius 1 is 1.04 bits per heavy atom. The number of hydrogen-bond donors (Lipinski definition) is 1. The van der Waals surface area contributed by atoms with Crippen LogP contribution in [0.25, 0.3) is 0 Å². The summed E-state index contributed by atoms with van der Waals surface area (Å²) >= 11 is 0. The van der Waals surface area contributed by atoms with Gasteiger partial charge in [0.1, 0.15) is 11.3 Å². The number of ether oxygens (including phenoxy) is 1. The summed E-state index contributed by atoms with van der Waals surface area (Å²) in [4.78, 5) is 25.6. The minimum absolute atomic E-state index is 0.134. The van der Waals surface area contributed by atoms with Crippen LogP contribution in [0.4, 0.5) is 4.39 Å². The van der Waals surface area contributed by atoms with E-state index in [0.29, 0.717) is 5.56 Å². The molecule has 2 aromatic carbocycles. The van der Waals surface area contributed by atoms with E-state index in [4.69, 9.17) is 4.74 Å².